The van der Waals surface area contributed by atoms with Gasteiger partial charge in [-0.1, -0.05) is 50.3 Å². The van der Waals surface area contributed by atoms with Crippen molar-refractivity contribution in [1.82, 2.24) is 14.5 Å². The van der Waals surface area contributed by atoms with E-state index in [0.29, 0.717) is 55.0 Å². The van der Waals surface area contributed by atoms with E-state index in [1.165, 1.54) is 39.7 Å². The molecule has 69 heavy (non-hydrogen) atoms. The fourth-order valence-corrected chi connectivity index (χ4v) is 12.5. The molecule has 11 heteroatoms. The van der Waals surface area contributed by atoms with Crippen molar-refractivity contribution in [3.8, 4) is 22.6 Å². The molecule has 0 spiro atoms. The molecule has 5 atom stereocenters. The molecule has 2 saturated carbocycles. The van der Waals surface area contributed by atoms with Crippen LogP contribution in [0.1, 0.15) is 152 Å². The number of allylic oxidation sites excluding steroid dienone is 1. The number of imide groups is 1. The number of nitrogens with zero attached hydrogens (tertiary/aromatic N) is 2. The number of imidazole rings is 1. The van der Waals surface area contributed by atoms with Crippen molar-refractivity contribution in [3.05, 3.63) is 122 Å². The Balaban J connectivity index is 0.810. The van der Waals surface area contributed by atoms with Crippen LogP contribution in [0.3, 0.4) is 0 Å². The largest absolute Gasteiger partial charge is 0.496 e. The number of carbonyl (C=O) groups is 3. The number of para-hydroxylation sites is 1. The van der Waals surface area contributed by atoms with Crippen LogP contribution in [0.4, 0.5) is 8.78 Å². The van der Waals surface area contributed by atoms with Crippen LogP contribution in [-0.4, -0.2) is 46.9 Å². The van der Waals surface area contributed by atoms with Gasteiger partial charge in [-0.05, 0) is 182 Å². The minimum Gasteiger partial charge on any atom is -0.496 e. The van der Waals surface area contributed by atoms with Crippen LogP contribution in [0.5, 0.6) is 11.5 Å². The molecule has 1 N–H and O–H groups in total. The van der Waals surface area contributed by atoms with Crippen molar-refractivity contribution >= 4 is 34.2 Å². The number of hydrogen-bond acceptors (Lipinski definition) is 6. The Kier molecular flexibility index (Phi) is 12.8. The molecule has 1 aliphatic heterocycles. The van der Waals surface area contributed by atoms with Crippen LogP contribution in [0.2, 0.25) is 0 Å². The van der Waals surface area contributed by atoms with Gasteiger partial charge in [-0.25, -0.2) is 13.6 Å². The van der Waals surface area contributed by atoms with E-state index < -0.39 is 23.8 Å². The number of methoxy groups -OCH3 is 2. The standard InChI is InChI=1S/C58H65F2N3O6/c1-6-36-28-48-47(31-45(36)37-15-16-37)46(24-33(2)10-22-51(48)64)41-29-52(68-4)44(53(30-41)69-5)20-13-34-12-19-42(58(59,60)32-34)26-35-11-14-39-27-40(18-17-38(39)25-35)43-8-7-9-49-55(43)62(3)57(67)63(49)50-21-23-54(65)61-56(50)66/h7-9,17-18,24,27-31,33-35,37,42,50H,6,10-16,19-23,25-26,32H2,1-5H3,(H,61,65,66)/b46-24-. The van der Waals surface area contributed by atoms with Crippen molar-refractivity contribution in [3.63, 3.8) is 0 Å². The van der Waals surface area contributed by atoms with E-state index >= 15 is 8.78 Å². The zero-order chi connectivity index (χ0) is 48.3. The monoisotopic (exact) mass is 937 g/mol. The van der Waals surface area contributed by atoms with Gasteiger partial charge in [-0.15, -0.1) is 0 Å². The zero-order valence-electron chi connectivity index (χ0n) is 40.7. The van der Waals surface area contributed by atoms with Gasteiger partial charge in [-0.3, -0.25) is 28.8 Å². The smallest absolute Gasteiger partial charge is 0.329 e. The van der Waals surface area contributed by atoms with Crippen molar-refractivity contribution in [2.75, 3.05) is 14.2 Å². The molecule has 2 heterocycles. The maximum Gasteiger partial charge on any atom is 0.329 e. The van der Waals surface area contributed by atoms with Gasteiger partial charge in [0.2, 0.25) is 11.8 Å². The lowest BCUT2D eigenvalue weighted by Gasteiger charge is -2.38. The highest BCUT2D eigenvalue weighted by Gasteiger charge is 2.46. The number of Topliss-reactive ketones (excluding diaryl/α,β-unsaturated/α-hetero) is 1. The highest BCUT2D eigenvalue weighted by atomic mass is 19.3. The van der Waals surface area contributed by atoms with Gasteiger partial charge in [0.25, 0.3) is 5.92 Å². The molecule has 9 nitrogen and oxygen atoms in total. The van der Waals surface area contributed by atoms with Crippen LogP contribution < -0.4 is 20.5 Å². The predicted octanol–water partition coefficient (Wildman–Crippen LogP) is 11.7. The molecular formula is C58H65F2N3O6. The predicted molar refractivity (Wildman–Crippen MR) is 265 cm³/mol. The van der Waals surface area contributed by atoms with E-state index in [-0.39, 0.29) is 54.4 Å². The van der Waals surface area contributed by atoms with Gasteiger partial charge in [-0.2, -0.15) is 0 Å². The third kappa shape index (κ3) is 8.99. The average molecular weight is 938 g/mol. The molecule has 4 aliphatic carbocycles. The quantitative estimate of drug-likeness (QED) is 0.125. The lowest BCUT2D eigenvalue weighted by Crippen LogP contribution is -2.44. The summed E-state index contributed by atoms with van der Waals surface area (Å²) >= 11 is 0. The highest BCUT2D eigenvalue weighted by molar-refractivity contribution is 6.04. The highest BCUT2D eigenvalue weighted by Crippen LogP contribution is 2.49. The number of nitrogens with one attached hydrogen (secondary N) is 1. The van der Waals surface area contributed by atoms with Gasteiger partial charge in [0.15, 0.2) is 5.78 Å². The number of halogens is 2. The summed E-state index contributed by atoms with van der Waals surface area (Å²) < 4.78 is 47.7. The Hall–Kier alpha value is -5.84. The normalized spacial score (nSPS) is 24.4. The maximum atomic E-state index is 16.3. The lowest BCUT2D eigenvalue weighted by atomic mass is 9.71. The number of ether oxygens (including phenoxy) is 2. The summed E-state index contributed by atoms with van der Waals surface area (Å²) in [5, 5.41) is 2.38. The second kappa shape index (κ2) is 18.8. The Morgan fingerprint density at radius 1 is 0.783 bits per heavy atom. The number of ketones is 1. The molecule has 3 fully saturated rings. The third-order valence-corrected chi connectivity index (χ3v) is 16.4. The van der Waals surface area contributed by atoms with Gasteiger partial charge in [0.05, 0.1) is 25.3 Å². The molecule has 2 amide bonds. The second-order valence-electron chi connectivity index (χ2n) is 20.9. The minimum atomic E-state index is -2.76. The molecule has 5 unspecified atom stereocenters. The number of fused-ring (bicyclic) bond motifs is 3. The van der Waals surface area contributed by atoms with Crippen molar-refractivity contribution in [1.29, 1.82) is 0 Å². The minimum absolute atomic E-state index is 0.120. The molecule has 10 rings (SSSR count). The number of alkyl halides is 2. The first-order valence-corrected chi connectivity index (χ1v) is 25.5. The number of aryl methyl sites for hydroxylation is 3. The number of rotatable bonds is 12. The van der Waals surface area contributed by atoms with E-state index in [0.717, 1.165) is 83.0 Å². The number of aromatic nitrogens is 2. The summed E-state index contributed by atoms with van der Waals surface area (Å²) in [7, 11) is 5.03. The number of amides is 2. The fraction of sp³-hybridized carbons (Fsp3) is 0.483. The Morgan fingerprint density at radius 2 is 1.57 bits per heavy atom. The van der Waals surface area contributed by atoms with E-state index in [4.69, 9.17) is 9.47 Å². The molecule has 1 saturated heterocycles. The number of carbonyl (C=O) groups excluding carboxylic acids is 3. The average Bonchev–Trinajstić information content (AvgIpc) is 4.16. The summed E-state index contributed by atoms with van der Waals surface area (Å²) in [5.74, 6) is -1.87. The van der Waals surface area contributed by atoms with E-state index in [1.807, 2.05) is 18.2 Å². The summed E-state index contributed by atoms with van der Waals surface area (Å²) in [6.07, 6.45) is 12.5. The Labute approximate surface area is 403 Å². The third-order valence-electron chi connectivity index (χ3n) is 16.4. The summed E-state index contributed by atoms with van der Waals surface area (Å²) in [6, 6.07) is 19.9. The number of piperidine rings is 1. The summed E-state index contributed by atoms with van der Waals surface area (Å²) in [5.41, 5.74) is 12.5. The van der Waals surface area contributed by atoms with E-state index in [1.54, 1.807) is 25.8 Å². The summed E-state index contributed by atoms with van der Waals surface area (Å²) in [6.45, 7) is 4.34. The molecular weight excluding hydrogens is 873 g/mol. The number of hydrogen-bond donors (Lipinski definition) is 1. The molecule has 1 aromatic heterocycles. The van der Waals surface area contributed by atoms with Crippen LogP contribution >= 0.6 is 0 Å². The number of benzene rings is 4. The molecule has 0 bridgehead atoms. The molecule has 4 aromatic carbocycles. The Bertz CT molecular complexity index is 2930. The van der Waals surface area contributed by atoms with Gasteiger partial charge >= 0.3 is 5.69 Å². The molecule has 362 valence electrons. The topological polar surface area (TPSA) is 109 Å². The molecule has 5 aliphatic rings. The van der Waals surface area contributed by atoms with Gasteiger partial charge < -0.3 is 9.47 Å². The molecule has 0 radical (unpaired) electrons. The van der Waals surface area contributed by atoms with Crippen LogP contribution in [-0.2, 0) is 42.3 Å². The van der Waals surface area contributed by atoms with E-state index in [9.17, 15) is 19.2 Å². The van der Waals surface area contributed by atoms with Gasteiger partial charge in [0.1, 0.15) is 17.5 Å². The van der Waals surface area contributed by atoms with Crippen molar-refractivity contribution in [2.45, 2.75) is 134 Å². The van der Waals surface area contributed by atoms with E-state index in [2.05, 4.69) is 67.7 Å². The summed E-state index contributed by atoms with van der Waals surface area (Å²) in [4.78, 5) is 51.9. The first-order chi connectivity index (χ1) is 33.2. The van der Waals surface area contributed by atoms with Crippen molar-refractivity contribution in [2.24, 2.45) is 30.7 Å². The second-order valence-corrected chi connectivity index (χ2v) is 20.9. The SMILES string of the molecule is CCc1cc2c(cc1C1CC1)/C(c1cc(OC)c(CCC3CCC(CC4CCc5cc(-c6cccc7c6n(C)c(=O)n7C6CCC(=O)NC6=O)ccc5C4)C(F)(F)C3)c(OC)c1)=C\C(C)CCC2=O. The Morgan fingerprint density at radius 3 is 2.28 bits per heavy atom. The maximum absolute atomic E-state index is 16.3. The van der Waals surface area contributed by atoms with Gasteiger partial charge in [0, 0.05) is 48.9 Å². The first kappa shape index (κ1) is 46.9. The zero-order valence-corrected chi connectivity index (χ0v) is 40.7. The van der Waals surface area contributed by atoms with Crippen LogP contribution in [0.25, 0.3) is 27.7 Å². The first-order valence-electron chi connectivity index (χ1n) is 25.5. The van der Waals surface area contributed by atoms with Crippen LogP contribution in [0.15, 0.2) is 71.5 Å². The lowest BCUT2D eigenvalue weighted by molar-refractivity contribution is -0.135. The van der Waals surface area contributed by atoms with Crippen molar-refractivity contribution < 1.29 is 32.6 Å². The molecule has 5 aromatic rings. The fourth-order valence-electron chi connectivity index (χ4n) is 12.5. The van der Waals surface area contributed by atoms with Crippen LogP contribution in [0, 0.1) is 23.7 Å².